The summed E-state index contributed by atoms with van der Waals surface area (Å²) in [5.41, 5.74) is 1.46. The van der Waals surface area contributed by atoms with Crippen LogP contribution in [0.2, 0.25) is 0 Å². The molecule has 0 spiro atoms. The summed E-state index contributed by atoms with van der Waals surface area (Å²) in [5.74, 6) is 3.97. The Labute approximate surface area is 189 Å². The van der Waals surface area contributed by atoms with Gasteiger partial charge in [-0.1, -0.05) is 66.8 Å². The second-order valence-corrected chi connectivity index (χ2v) is 9.45. The summed E-state index contributed by atoms with van der Waals surface area (Å²) in [4.78, 5) is 14.3. The van der Waals surface area contributed by atoms with Crippen LogP contribution in [0.15, 0.2) is 72.4 Å². The Morgan fingerprint density at radius 1 is 0.938 bits per heavy atom. The predicted octanol–water partition coefficient (Wildman–Crippen LogP) is 4.44. The molecule has 8 unspecified atom stereocenters. The van der Waals surface area contributed by atoms with Gasteiger partial charge >= 0.3 is 6.01 Å². The molecular weight excluding hydrogens is 398 g/mol. The standard InChI is InChI=1S/C27H29N3O2/c1-2-32-27-29-25(28-26(30-27)21-8-3-4-9-22(21)31)20-15-13-18-11-10-16-6-5-7-17-12-14-19(20)24(18)23(16)17/h3-12,14,16,18-24,31H,2,13,15H2,1H3. The predicted molar refractivity (Wildman–Crippen MR) is 123 cm³/mol. The number of hydrogen-bond acceptors (Lipinski definition) is 5. The summed E-state index contributed by atoms with van der Waals surface area (Å²) in [6.45, 7) is 2.44. The van der Waals surface area contributed by atoms with Crippen LogP contribution in [0.25, 0.3) is 0 Å². The maximum absolute atomic E-state index is 10.5. The number of hydrogen-bond donors (Lipinski definition) is 1. The van der Waals surface area contributed by atoms with Gasteiger partial charge < -0.3 is 9.84 Å². The maximum atomic E-state index is 10.5. The fourth-order valence-corrected chi connectivity index (χ4v) is 6.41. The lowest BCUT2D eigenvalue weighted by atomic mass is 9.53. The summed E-state index contributed by atoms with van der Waals surface area (Å²) in [7, 11) is 0. The van der Waals surface area contributed by atoms with E-state index in [0.29, 0.717) is 48.0 Å². The Hall–Kier alpha value is -2.79. The number of allylic oxidation sites excluding steroid dienone is 10. The second-order valence-electron chi connectivity index (χ2n) is 9.45. The number of aliphatic hydroxyl groups is 1. The number of aromatic nitrogens is 3. The molecule has 1 fully saturated rings. The van der Waals surface area contributed by atoms with Gasteiger partial charge in [0.05, 0.1) is 18.6 Å². The van der Waals surface area contributed by atoms with Crippen molar-refractivity contribution < 1.29 is 9.84 Å². The van der Waals surface area contributed by atoms with E-state index < -0.39 is 6.10 Å². The normalized spacial score (nSPS) is 38.4. The summed E-state index contributed by atoms with van der Waals surface area (Å²) < 4.78 is 5.74. The molecule has 8 atom stereocenters. The highest BCUT2D eigenvalue weighted by atomic mass is 16.5. The highest BCUT2D eigenvalue weighted by molar-refractivity contribution is 5.40. The first kappa shape index (κ1) is 19.9. The van der Waals surface area contributed by atoms with Crippen molar-refractivity contribution in [3.63, 3.8) is 0 Å². The van der Waals surface area contributed by atoms with Gasteiger partial charge in [-0.3, -0.25) is 0 Å². The van der Waals surface area contributed by atoms with Crippen molar-refractivity contribution in [1.82, 2.24) is 15.0 Å². The van der Waals surface area contributed by atoms with E-state index >= 15 is 0 Å². The summed E-state index contributed by atoms with van der Waals surface area (Å²) >= 11 is 0. The van der Waals surface area contributed by atoms with Crippen molar-refractivity contribution >= 4 is 0 Å². The summed E-state index contributed by atoms with van der Waals surface area (Å²) in [6, 6.07) is 0.368. The van der Waals surface area contributed by atoms with Crippen molar-refractivity contribution in [3.05, 3.63) is 84.1 Å². The molecule has 0 aromatic carbocycles. The van der Waals surface area contributed by atoms with Crippen LogP contribution in [-0.2, 0) is 0 Å². The molecule has 5 aliphatic carbocycles. The monoisotopic (exact) mass is 427 g/mol. The van der Waals surface area contributed by atoms with Gasteiger partial charge in [0.15, 0.2) is 0 Å². The highest BCUT2D eigenvalue weighted by Gasteiger charge is 2.49. The number of rotatable bonds is 4. The topological polar surface area (TPSA) is 68.1 Å². The Bertz CT molecular complexity index is 1080. The fraction of sp³-hybridized carbons (Fsp3) is 0.444. The Kier molecular flexibility index (Phi) is 4.94. The molecule has 0 bridgehead atoms. The second kappa shape index (κ2) is 7.96. The van der Waals surface area contributed by atoms with Crippen LogP contribution in [0, 0.1) is 29.6 Å². The summed E-state index contributed by atoms with van der Waals surface area (Å²) in [5, 5.41) is 10.5. The van der Waals surface area contributed by atoms with E-state index in [9.17, 15) is 5.11 Å². The van der Waals surface area contributed by atoms with E-state index in [4.69, 9.17) is 14.7 Å². The van der Waals surface area contributed by atoms with Crippen LogP contribution < -0.4 is 4.74 Å². The zero-order chi connectivity index (χ0) is 21.7. The van der Waals surface area contributed by atoms with Crippen LogP contribution in [-0.4, -0.2) is 32.8 Å². The zero-order valence-corrected chi connectivity index (χ0v) is 18.3. The minimum absolute atomic E-state index is 0.230. The largest absolute Gasteiger partial charge is 0.464 e. The summed E-state index contributed by atoms with van der Waals surface area (Å²) in [6.07, 6.45) is 25.5. The first-order valence-corrected chi connectivity index (χ1v) is 11.9. The van der Waals surface area contributed by atoms with E-state index in [2.05, 4.69) is 47.5 Å². The van der Waals surface area contributed by atoms with E-state index in [0.717, 1.165) is 18.7 Å². The molecule has 1 aromatic rings. The third kappa shape index (κ3) is 3.22. The van der Waals surface area contributed by atoms with Crippen LogP contribution >= 0.6 is 0 Å². The molecule has 0 saturated heterocycles. The van der Waals surface area contributed by atoms with Crippen LogP contribution in [0.3, 0.4) is 0 Å². The van der Waals surface area contributed by atoms with Crippen molar-refractivity contribution in [1.29, 1.82) is 0 Å². The quantitative estimate of drug-likeness (QED) is 0.720. The number of nitrogens with zero attached hydrogens (tertiary/aromatic N) is 3. The first-order valence-electron chi connectivity index (χ1n) is 11.9. The molecule has 0 amide bonds. The van der Waals surface area contributed by atoms with E-state index in [1.165, 1.54) is 5.57 Å². The lowest BCUT2D eigenvalue weighted by molar-refractivity contribution is 0.110. The van der Waals surface area contributed by atoms with Crippen molar-refractivity contribution in [2.24, 2.45) is 29.6 Å². The third-order valence-electron chi connectivity index (χ3n) is 7.80. The van der Waals surface area contributed by atoms with Gasteiger partial charge in [0.25, 0.3) is 0 Å². The lowest BCUT2D eigenvalue weighted by Crippen LogP contribution is -2.44. The van der Waals surface area contributed by atoms with Gasteiger partial charge in [0.1, 0.15) is 11.6 Å². The van der Waals surface area contributed by atoms with Gasteiger partial charge in [-0.2, -0.15) is 9.97 Å². The number of ether oxygens (including phenoxy) is 1. The van der Waals surface area contributed by atoms with Gasteiger partial charge in [0, 0.05) is 11.8 Å². The first-order chi connectivity index (χ1) is 15.7. The molecule has 1 N–H and O–H groups in total. The fourth-order valence-electron chi connectivity index (χ4n) is 6.41. The Morgan fingerprint density at radius 2 is 1.81 bits per heavy atom. The molecule has 1 heterocycles. The lowest BCUT2D eigenvalue weighted by Gasteiger charge is -2.51. The van der Waals surface area contributed by atoms with Gasteiger partial charge in [-0.05, 0) is 49.0 Å². The average molecular weight is 428 g/mol. The molecule has 6 rings (SSSR count). The van der Waals surface area contributed by atoms with Crippen LogP contribution in [0.1, 0.15) is 43.3 Å². The molecule has 0 radical (unpaired) electrons. The minimum Gasteiger partial charge on any atom is -0.464 e. The average Bonchev–Trinajstić information content (AvgIpc) is 2.83. The van der Waals surface area contributed by atoms with Crippen molar-refractivity contribution in [2.75, 3.05) is 6.61 Å². The van der Waals surface area contributed by atoms with E-state index in [1.54, 1.807) is 6.08 Å². The zero-order valence-electron chi connectivity index (χ0n) is 18.3. The van der Waals surface area contributed by atoms with Gasteiger partial charge in [-0.25, -0.2) is 4.98 Å². The molecule has 5 heteroatoms. The Morgan fingerprint density at radius 3 is 2.69 bits per heavy atom. The van der Waals surface area contributed by atoms with Gasteiger partial charge in [0.2, 0.25) is 0 Å². The smallest absolute Gasteiger partial charge is 0.319 e. The van der Waals surface area contributed by atoms with Gasteiger partial charge in [-0.15, -0.1) is 0 Å². The Balaban J connectivity index is 1.40. The molecule has 5 aliphatic rings. The molecule has 1 saturated carbocycles. The van der Waals surface area contributed by atoms with Crippen LogP contribution in [0.4, 0.5) is 0 Å². The van der Waals surface area contributed by atoms with Crippen molar-refractivity contribution in [3.8, 4) is 6.01 Å². The minimum atomic E-state index is -0.638. The number of aliphatic hydroxyl groups excluding tert-OH is 1. The third-order valence-corrected chi connectivity index (χ3v) is 7.80. The molecule has 164 valence electrons. The molecule has 1 aromatic heterocycles. The molecule has 5 nitrogen and oxygen atoms in total. The molecule has 32 heavy (non-hydrogen) atoms. The molecule has 0 aliphatic heterocycles. The van der Waals surface area contributed by atoms with Crippen LogP contribution in [0.5, 0.6) is 6.01 Å². The molecular formula is C27H29N3O2. The SMILES string of the molecule is CCOc1nc(C2C=CC=CC2O)nc(C2CCC3C=CC4C=CC=C5C=CC2C3C54)n1. The maximum Gasteiger partial charge on any atom is 0.319 e. The highest BCUT2D eigenvalue weighted by Crippen LogP contribution is 2.56. The van der Waals surface area contributed by atoms with E-state index in [1.807, 2.05) is 25.2 Å². The van der Waals surface area contributed by atoms with Crippen molar-refractivity contribution in [2.45, 2.75) is 37.7 Å². The van der Waals surface area contributed by atoms with E-state index in [-0.39, 0.29) is 11.8 Å².